The highest BCUT2D eigenvalue weighted by Gasteiger charge is 2.51. The SMILES string of the molecule is O=C(O)[C@@H]1C2C=CC(C2)[C@@H]1C(=O)Nc1cccc(Cl)n1. The van der Waals surface area contributed by atoms with E-state index in [1.165, 1.54) is 0 Å². The Kier molecular flexibility index (Phi) is 3.22. The first-order valence-electron chi connectivity index (χ1n) is 6.41. The van der Waals surface area contributed by atoms with Gasteiger partial charge in [0, 0.05) is 0 Å². The topological polar surface area (TPSA) is 79.3 Å². The molecule has 2 bridgehead atoms. The van der Waals surface area contributed by atoms with Gasteiger partial charge in [0.1, 0.15) is 11.0 Å². The number of amides is 1. The molecule has 6 heteroatoms. The molecule has 1 aromatic heterocycles. The molecule has 104 valence electrons. The third-order valence-electron chi connectivity index (χ3n) is 4.01. The number of allylic oxidation sites excluding steroid dienone is 2. The minimum Gasteiger partial charge on any atom is -0.481 e. The van der Waals surface area contributed by atoms with Crippen molar-refractivity contribution in [1.82, 2.24) is 4.98 Å². The number of pyridine rings is 1. The molecule has 2 aliphatic carbocycles. The number of nitrogens with zero attached hydrogens (tertiary/aromatic N) is 1. The van der Waals surface area contributed by atoms with E-state index in [0.29, 0.717) is 5.82 Å². The fourth-order valence-corrected chi connectivity index (χ4v) is 3.37. The molecular formula is C14H13ClN2O3. The Balaban J connectivity index is 1.80. The number of carbonyl (C=O) groups is 2. The zero-order chi connectivity index (χ0) is 14.3. The molecule has 20 heavy (non-hydrogen) atoms. The number of halogens is 1. The lowest BCUT2D eigenvalue weighted by Gasteiger charge is -2.23. The van der Waals surface area contributed by atoms with Crippen LogP contribution in [0.5, 0.6) is 0 Å². The van der Waals surface area contributed by atoms with Crippen LogP contribution in [0.3, 0.4) is 0 Å². The third-order valence-corrected chi connectivity index (χ3v) is 4.22. The minimum atomic E-state index is -0.916. The van der Waals surface area contributed by atoms with Gasteiger partial charge >= 0.3 is 5.97 Å². The monoisotopic (exact) mass is 292 g/mol. The van der Waals surface area contributed by atoms with E-state index in [9.17, 15) is 14.7 Å². The summed E-state index contributed by atoms with van der Waals surface area (Å²) in [6.07, 6.45) is 4.59. The van der Waals surface area contributed by atoms with E-state index in [-0.39, 0.29) is 22.9 Å². The highest BCUT2D eigenvalue weighted by molar-refractivity contribution is 6.29. The number of hydrogen-bond donors (Lipinski definition) is 2. The molecule has 0 aromatic carbocycles. The molecule has 0 spiro atoms. The number of aliphatic carboxylic acids is 1. The highest BCUT2D eigenvalue weighted by atomic mass is 35.5. The van der Waals surface area contributed by atoms with Crippen molar-refractivity contribution in [3.05, 3.63) is 35.5 Å². The number of carboxylic acids is 1. The van der Waals surface area contributed by atoms with Gasteiger partial charge in [0.25, 0.3) is 0 Å². The van der Waals surface area contributed by atoms with Crippen LogP contribution in [0.2, 0.25) is 5.15 Å². The van der Waals surface area contributed by atoms with E-state index >= 15 is 0 Å². The maximum absolute atomic E-state index is 12.3. The summed E-state index contributed by atoms with van der Waals surface area (Å²) < 4.78 is 0. The molecule has 1 aromatic rings. The van der Waals surface area contributed by atoms with E-state index in [0.717, 1.165) is 6.42 Å². The van der Waals surface area contributed by atoms with Gasteiger partial charge in [0.2, 0.25) is 5.91 Å². The largest absolute Gasteiger partial charge is 0.481 e. The van der Waals surface area contributed by atoms with E-state index < -0.39 is 17.8 Å². The molecule has 0 aliphatic heterocycles. The molecule has 2 aliphatic rings. The summed E-state index contributed by atoms with van der Waals surface area (Å²) in [5, 5.41) is 12.3. The Morgan fingerprint density at radius 2 is 1.95 bits per heavy atom. The summed E-state index contributed by atoms with van der Waals surface area (Å²) in [4.78, 5) is 27.7. The second-order valence-corrected chi connectivity index (χ2v) is 5.56. The maximum Gasteiger partial charge on any atom is 0.307 e. The quantitative estimate of drug-likeness (QED) is 0.661. The van der Waals surface area contributed by atoms with Gasteiger partial charge in [0.15, 0.2) is 0 Å². The van der Waals surface area contributed by atoms with Crippen LogP contribution in [0.4, 0.5) is 5.82 Å². The predicted octanol–water partition coefficient (Wildman–Crippen LogP) is 2.20. The van der Waals surface area contributed by atoms with Crippen LogP contribution in [0, 0.1) is 23.7 Å². The molecule has 0 saturated heterocycles. The van der Waals surface area contributed by atoms with Crippen molar-refractivity contribution < 1.29 is 14.7 Å². The van der Waals surface area contributed by atoms with Gasteiger partial charge in [-0.3, -0.25) is 9.59 Å². The Morgan fingerprint density at radius 3 is 2.60 bits per heavy atom. The van der Waals surface area contributed by atoms with Crippen molar-refractivity contribution in [3.8, 4) is 0 Å². The van der Waals surface area contributed by atoms with E-state index in [2.05, 4.69) is 10.3 Å². The number of aromatic nitrogens is 1. The van der Waals surface area contributed by atoms with Gasteiger partial charge in [-0.2, -0.15) is 0 Å². The van der Waals surface area contributed by atoms with Gasteiger partial charge < -0.3 is 10.4 Å². The number of anilines is 1. The van der Waals surface area contributed by atoms with Crippen LogP contribution in [-0.2, 0) is 9.59 Å². The minimum absolute atomic E-state index is 0.000263. The van der Waals surface area contributed by atoms with Crippen molar-refractivity contribution in [2.45, 2.75) is 6.42 Å². The molecule has 4 atom stereocenters. The Hall–Kier alpha value is -1.88. The molecule has 1 fully saturated rings. The molecule has 3 rings (SSSR count). The standard InChI is InChI=1S/C14H13ClN2O3/c15-9-2-1-3-10(16-9)17-13(18)11-7-4-5-8(6-7)12(11)14(19)20/h1-5,7-8,11-12H,6H2,(H,19,20)(H,16,17,18)/t7?,8?,11-,12+/m0/s1. The third kappa shape index (κ3) is 2.18. The molecule has 0 radical (unpaired) electrons. The van der Waals surface area contributed by atoms with Crippen molar-refractivity contribution >= 4 is 29.3 Å². The normalized spacial score (nSPS) is 30.4. The molecule has 1 amide bonds. The molecule has 2 N–H and O–H groups in total. The van der Waals surface area contributed by atoms with Gasteiger partial charge in [-0.15, -0.1) is 0 Å². The summed E-state index contributed by atoms with van der Waals surface area (Å²) in [6, 6.07) is 4.92. The van der Waals surface area contributed by atoms with Crippen molar-refractivity contribution in [1.29, 1.82) is 0 Å². The van der Waals surface area contributed by atoms with Gasteiger partial charge in [-0.05, 0) is 30.4 Å². The maximum atomic E-state index is 12.3. The zero-order valence-corrected chi connectivity index (χ0v) is 11.2. The van der Waals surface area contributed by atoms with Crippen molar-refractivity contribution in [3.63, 3.8) is 0 Å². The van der Waals surface area contributed by atoms with Gasteiger partial charge in [-0.1, -0.05) is 29.8 Å². The smallest absolute Gasteiger partial charge is 0.307 e. The second-order valence-electron chi connectivity index (χ2n) is 5.17. The number of nitrogens with one attached hydrogen (secondary N) is 1. The summed E-state index contributed by atoms with van der Waals surface area (Å²) in [6.45, 7) is 0. The first kappa shape index (κ1) is 13.1. The fourth-order valence-electron chi connectivity index (χ4n) is 3.20. The molecule has 1 heterocycles. The number of carbonyl (C=O) groups excluding carboxylic acids is 1. The summed E-state index contributed by atoms with van der Waals surface area (Å²) in [7, 11) is 0. The Morgan fingerprint density at radius 1 is 1.25 bits per heavy atom. The van der Waals surface area contributed by atoms with Crippen molar-refractivity contribution in [2.75, 3.05) is 5.32 Å². The van der Waals surface area contributed by atoms with Crippen LogP contribution in [0.1, 0.15) is 6.42 Å². The van der Waals surface area contributed by atoms with Crippen LogP contribution in [0.15, 0.2) is 30.4 Å². The zero-order valence-electron chi connectivity index (χ0n) is 10.5. The molecule has 2 unspecified atom stereocenters. The van der Waals surface area contributed by atoms with E-state index in [1.807, 2.05) is 12.2 Å². The lowest BCUT2D eigenvalue weighted by Crippen LogP contribution is -2.36. The Labute approximate surface area is 120 Å². The number of fused-ring (bicyclic) bond motifs is 2. The Bertz CT molecular complexity index is 602. The molecular weight excluding hydrogens is 280 g/mol. The first-order valence-corrected chi connectivity index (χ1v) is 6.78. The number of carboxylic acid groups (broad SMARTS) is 1. The van der Waals surface area contributed by atoms with Crippen LogP contribution < -0.4 is 5.32 Å². The average molecular weight is 293 g/mol. The fraction of sp³-hybridized carbons (Fsp3) is 0.357. The van der Waals surface area contributed by atoms with Crippen LogP contribution in [-0.4, -0.2) is 22.0 Å². The first-order chi connectivity index (χ1) is 9.56. The highest BCUT2D eigenvalue weighted by Crippen LogP contribution is 2.48. The van der Waals surface area contributed by atoms with E-state index in [1.54, 1.807) is 18.2 Å². The summed E-state index contributed by atoms with van der Waals surface area (Å²) in [5.74, 6) is -2.10. The molecule has 1 saturated carbocycles. The van der Waals surface area contributed by atoms with Gasteiger partial charge in [-0.25, -0.2) is 4.98 Å². The summed E-state index contributed by atoms with van der Waals surface area (Å²) >= 11 is 5.76. The van der Waals surface area contributed by atoms with Gasteiger partial charge in [0.05, 0.1) is 11.8 Å². The number of rotatable bonds is 3. The second kappa shape index (κ2) is 4.90. The lowest BCUT2D eigenvalue weighted by molar-refractivity contribution is -0.146. The van der Waals surface area contributed by atoms with Crippen LogP contribution >= 0.6 is 11.6 Å². The van der Waals surface area contributed by atoms with E-state index in [4.69, 9.17) is 11.6 Å². The summed E-state index contributed by atoms with van der Waals surface area (Å²) in [5.41, 5.74) is 0. The predicted molar refractivity (Wildman–Crippen MR) is 73.2 cm³/mol. The average Bonchev–Trinajstić information content (AvgIpc) is 2.98. The number of hydrogen-bond acceptors (Lipinski definition) is 3. The van der Waals surface area contributed by atoms with Crippen molar-refractivity contribution in [2.24, 2.45) is 23.7 Å². The lowest BCUT2D eigenvalue weighted by atomic mass is 9.82. The van der Waals surface area contributed by atoms with Crippen LogP contribution in [0.25, 0.3) is 0 Å². The molecule has 5 nitrogen and oxygen atoms in total.